The van der Waals surface area contributed by atoms with Crippen LogP contribution in [0.4, 0.5) is 0 Å². The van der Waals surface area contributed by atoms with Gasteiger partial charge < -0.3 is 15.4 Å². The second-order valence-corrected chi connectivity index (χ2v) is 6.17. The lowest BCUT2D eigenvalue weighted by atomic mass is 9.96. The number of carbonyl (C=O) groups excluding carboxylic acids is 1. The van der Waals surface area contributed by atoms with Crippen molar-refractivity contribution in [3.63, 3.8) is 0 Å². The van der Waals surface area contributed by atoms with E-state index in [9.17, 15) is 4.79 Å². The Morgan fingerprint density at radius 1 is 1.12 bits per heavy atom. The molecule has 126 valence electrons. The van der Waals surface area contributed by atoms with Crippen LogP contribution < -0.4 is 15.4 Å². The van der Waals surface area contributed by atoms with E-state index in [2.05, 4.69) is 10.6 Å². The molecule has 0 saturated carbocycles. The normalized spacial score (nSPS) is 17.2. The van der Waals surface area contributed by atoms with Gasteiger partial charge in [0.1, 0.15) is 11.5 Å². The summed E-state index contributed by atoms with van der Waals surface area (Å²) in [5.41, 5.74) is 0.572. The molecule has 4 heteroatoms. The van der Waals surface area contributed by atoms with Crippen LogP contribution in [-0.2, 0) is 0 Å². The van der Waals surface area contributed by atoms with Crippen LogP contribution in [0.25, 0.3) is 0 Å². The first-order chi connectivity index (χ1) is 11.8. The van der Waals surface area contributed by atoms with E-state index in [0.717, 1.165) is 25.3 Å². The van der Waals surface area contributed by atoms with Crippen LogP contribution >= 0.6 is 0 Å². The number of hydrogen-bond donors (Lipinski definition) is 2. The fourth-order valence-electron chi connectivity index (χ4n) is 3.01. The molecule has 1 aliphatic heterocycles. The van der Waals surface area contributed by atoms with E-state index in [4.69, 9.17) is 4.74 Å². The van der Waals surface area contributed by atoms with Crippen molar-refractivity contribution in [1.82, 2.24) is 10.6 Å². The van der Waals surface area contributed by atoms with E-state index in [-0.39, 0.29) is 5.91 Å². The lowest BCUT2D eigenvalue weighted by Crippen LogP contribution is -2.33. The monoisotopic (exact) mass is 324 g/mol. The number of piperidine rings is 1. The van der Waals surface area contributed by atoms with E-state index in [1.54, 1.807) is 6.07 Å². The number of amides is 1. The minimum absolute atomic E-state index is 0.0784. The van der Waals surface area contributed by atoms with E-state index in [1.807, 2.05) is 48.5 Å². The SMILES string of the molecule is O=C(NCCC1CCCNC1)c1ccccc1Oc1ccccc1. The van der Waals surface area contributed by atoms with Crippen LogP contribution in [0.5, 0.6) is 11.5 Å². The van der Waals surface area contributed by atoms with Crippen LogP contribution in [0.1, 0.15) is 29.6 Å². The summed E-state index contributed by atoms with van der Waals surface area (Å²) in [7, 11) is 0. The molecule has 0 bridgehead atoms. The molecule has 4 nitrogen and oxygen atoms in total. The Kier molecular flexibility index (Phi) is 5.85. The van der Waals surface area contributed by atoms with Crippen LogP contribution in [0.3, 0.4) is 0 Å². The maximum Gasteiger partial charge on any atom is 0.255 e. The predicted octanol–water partition coefficient (Wildman–Crippen LogP) is 3.60. The van der Waals surface area contributed by atoms with Crippen molar-refractivity contribution < 1.29 is 9.53 Å². The van der Waals surface area contributed by atoms with Gasteiger partial charge in [-0.2, -0.15) is 0 Å². The van der Waals surface area contributed by atoms with Crippen molar-refractivity contribution in [2.45, 2.75) is 19.3 Å². The number of rotatable bonds is 6. The molecule has 0 spiro atoms. The molecule has 1 unspecified atom stereocenters. The smallest absolute Gasteiger partial charge is 0.255 e. The molecule has 1 aliphatic rings. The summed E-state index contributed by atoms with van der Waals surface area (Å²) < 4.78 is 5.86. The highest BCUT2D eigenvalue weighted by molar-refractivity contribution is 5.97. The summed E-state index contributed by atoms with van der Waals surface area (Å²) >= 11 is 0. The molecule has 24 heavy (non-hydrogen) atoms. The van der Waals surface area contributed by atoms with Gasteiger partial charge in [0.15, 0.2) is 0 Å². The zero-order chi connectivity index (χ0) is 16.6. The first-order valence-corrected chi connectivity index (χ1v) is 8.64. The van der Waals surface area contributed by atoms with E-state index >= 15 is 0 Å². The molecule has 1 heterocycles. The Labute approximate surface area is 143 Å². The molecule has 0 radical (unpaired) electrons. The standard InChI is InChI=1S/C20H24N2O2/c23-20(22-14-12-16-7-6-13-21-15-16)18-10-4-5-11-19(18)24-17-8-2-1-3-9-17/h1-5,8-11,16,21H,6-7,12-15H2,(H,22,23). The van der Waals surface area contributed by atoms with Crippen molar-refractivity contribution in [2.24, 2.45) is 5.92 Å². The number of para-hydroxylation sites is 2. The molecule has 1 amide bonds. The summed E-state index contributed by atoms with van der Waals surface area (Å²) in [6, 6.07) is 16.9. The van der Waals surface area contributed by atoms with Gasteiger partial charge in [0, 0.05) is 6.54 Å². The third-order valence-corrected chi connectivity index (χ3v) is 4.34. The first-order valence-electron chi connectivity index (χ1n) is 8.64. The van der Waals surface area contributed by atoms with Crippen molar-refractivity contribution in [3.05, 3.63) is 60.2 Å². The van der Waals surface area contributed by atoms with Crippen LogP contribution in [0.2, 0.25) is 0 Å². The molecule has 2 aromatic rings. The molecular formula is C20H24N2O2. The fourth-order valence-corrected chi connectivity index (χ4v) is 3.01. The molecule has 1 saturated heterocycles. The van der Waals surface area contributed by atoms with Crippen molar-refractivity contribution >= 4 is 5.91 Å². The van der Waals surface area contributed by atoms with E-state index in [0.29, 0.717) is 23.8 Å². The van der Waals surface area contributed by atoms with Gasteiger partial charge in [-0.25, -0.2) is 0 Å². The van der Waals surface area contributed by atoms with Gasteiger partial charge in [-0.05, 0) is 62.5 Å². The van der Waals surface area contributed by atoms with E-state index in [1.165, 1.54) is 12.8 Å². The summed E-state index contributed by atoms with van der Waals surface area (Å²) in [5, 5.41) is 6.43. The highest BCUT2D eigenvalue weighted by Crippen LogP contribution is 2.25. The summed E-state index contributed by atoms with van der Waals surface area (Å²) in [4.78, 5) is 12.5. The van der Waals surface area contributed by atoms with Gasteiger partial charge in [-0.3, -0.25) is 4.79 Å². The Morgan fingerprint density at radius 3 is 2.71 bits per heavy atom. The number of hydrogen-bond acceptors (Lipinski definition) is 3. The third kappa shape index (κ3) is 4.59. The van der Waals surface area contributed by atoms with Crippen molar-refractivity contribution in [3.8, 4) is 11.5 Å². The lowest BCUT2D eigenvalue weighted by molar-refractivity contribution is 0.0948. The van der Waals surface area contributed by atoms with Crippen molar-refractivity contribution in [1.29, 1.82) is 0 Å². The fraction of sp³-hybridized carbons (Fsp3) is 0.350. The topological polar surface area (TPSA) is 50.4 Å². The van der Waals surface area contributed by atoms with E-state index < -0.39 is 0 Å². The van der Waals surface area contributed by atoms with Gasteiger partial charge >= 0.3 is 0 Å². The lowest BCUT2D eigenvalue weighted by Gasteiger charge is -2.22. The predicted molar refractivity (Wildman–Crippen MR) is 95.5 cm³/mol. The first kappa shape index (κ1) is 16.5. The summed E-state index contributed by atoms with van der Waals surface area (Å²) in [5.74, 6) is 1.90. The average molecular weight is 324 g/mol. The number of benzene rings is 2. The van der Waals surface area contributed by atoms with Crippen LogP contribution in [-0.4, -0.2) is 25.5 Å². The average Bonchev–Trinajstić information content (AvgIpc) is 2.64. The van der Waals surface area contributed by atoms with Gasteiger partial charge in [-0.1, -0.05) is 30.3 Å². The molecule has 0 aromatic heterocycles. The van der Waals surface area contributed by atoms with Gasteiger partial charge in [0.25, 0.3) is 5.91 Å². The van der Waals surface area contributed by atoms with Crippen LogP contribution in [0, 0.1) is 5.92 Å². The Hall–Kier alpha value is -2.33. The second-order valence-electron chi connectivity index (χ2n) is 6.17. The summed E-state index contributed by atoms with van der Waals surface area (Å²) in [6.45, 7) is 2.88. The third-order valence-electron chi connectivity index (χ3n) is 4.34. The van der Waals surface area contributed by atoms with Gasteiger partial charge in [-0.15, -0.1) is 0 Å². The molecule has 2 aromatic carbocycles. The maximum atomic E-state index is 12.5. The molecule has 0 aliphatic carbocycles. The van der Waals surface area contributed by atoms with Gasteiger partial charge in [0.05, 0.1) is 5.56 Å². The Bertz CT molecular complexity index is 652. The molecule has 1 fully saturated rings. The highest BCUT2D eigenvalue weighted by atomic mass is 16.5. The number of nitrogens with one attached hydrogen (secondary N) is 2. The molecule has 1 atom stereocenters. The largest absolute Gasteiger partial charge is 0.457 e. The van der Waals surface area contributed by atoms with Crippen molar-refractivity contribution in [2.75, 3.05) is 19.6 Å². The number of ether oxygens (including phenoxy) is 1. The maximum absolute atomic E-state index is 12.5. The molecular weight excluding hydrogens is 300 g/mol. The minimum atomic E-state index is -0.0784. The summed E-state index contributed by atoms with van der Waals surface area (Å²) in [6.07, 6.45) is 3.49. The second kappa shape index (κ2) is 8.50. The van der Waals surface area contributed by atoms with Crippen LogP contribution in [0.15, 0.2) is 54.6 Å². The quantitative estimate of drug-likeness (QED) is 0.853. The minimum Gasteiger partial charge on any atom is -0.457 e. The Balaban J connectivity index is 1.58. The molecule has 2 N–H and O–H groups in total. The number of carbonyl (C=O) groups is 1. The Morgan fingerprint density at radius 2 is 1.92 bits per heavy atom. The zero-order valence-corrected chi connectivity index (χ0v) is 13.8. The molecule has 3 rings (SSSR count). The van der Waals surface area contributed by atoms with Gasteiger partial charge in [0.2, 0.25) is 0 Å². The zero-order valence-electron chi connectivity index (χ0n) is 13.8. The highest BCUT2D eigenvalue weighted by Gasteiger charge is 2.15.